The predicted octanol–water partition coefficient (Wildman–Crippen LogP) is 4.33. The Hall–Kier alpha value is -2.64. The molecular weight excluding hydrogens is 424 g/mol. The first-order valence-corrected chi connectivity index (χ1v) is 12.7. The molecule has 4 fully saturated rings. The molecule has 7 heteroatoms. The van der Waals surface area contributed by atoms with Crippen molar-refractivity contribution in [1.29, 1.82) is 0 Å². The normalized spacial score (nSPS) is 28.7. The van der Waals surface area contributed by atoms with Gasteiger partial charge in [-0.2, -0.15) is 0 Å². The van der Waals surface area contributed by atoms with Crippen LogP contribution in [0.25, 0.3) is 0 Å². The zero-order valence-electron chi connectivity index (χ0n) is 17.9. The highest BCUT2D eigenvalue weighted by molar-refractivity contribution is 7.89. The molecule has 0 heterocycles. The average Bonchev–Trinajstić information content (AvgIpc) is 2.73. The third kappa shape index (κ3) is 4.32. The summed E-state index contributed by atoms with van der Waals surface area (Å²) in [5, 5.41) is 7.72. The predicted molar refractivity (Wildman–Crippen MR) is 123 cm³/mol. The van der Waals surface area contributed by atoms with Crippen LogP contribution < -0.4 is 15.2 Å². The number of hydrogen-bond acceptors (Lipinski definition) is 4. The summed E-state index contributed by atoms with van der Waals surface area (Å²) < 4.78 is 28.5. The number of hydrogen-bond donors (Lipinski definition) is 2. The van der Waals surface area contributed by atoms with E-state index in [0.29, 0.717) is 16.9 Å². The maximum Gasteiger partial charge on any atom is 0.251 e. The Balaban J connectivity index is 1.19. The van der Waals surface area contributed by atoms with E-state index in [0.717, 1.165) is 17.8 Å². The number of carbonyl (C=O) groups excluding carboxylic acids is 1. The number of rotatable bonds is 6. The van der Waals surface area contributed by atoms with Crippen LogP contribution in [-0.4, -0.2) is 14.3 Å². The van der Waals surface area contributed by atoms with Crippen LogP contribution in [0.5, 0.6) is 5.75 Å². The molecule has 0 aromatic heterocycles. The molecule has 0 saturated heterocycles. The van der Waals surface area contributed by atoms with Gasteiger partial charge in [-0.25, -0.2) is 13.6 Å². The number of primary sulfonamides is 1. The number of carbonyl (C=O) groups is 1. The fraction of sp³-hybridized carbons (Fsp3) is 0.400. The Bertz CT molecular complexity index is 1120. The fourth-order valence-corrected chi connectivity index (χ4v) is 7.02. The van der Waals surface area contributed by atoms with Gasteiger partial charge in [-0.1, -0.05) is 18.2 Å². The van der Waals surface area contributed by atoms with E-state index in [1.165, 1.54) is 74.6 Å². The summed E-state index contributed by atoms with van der Waals surface area (Å²) in [6.45, 7) is 0. The molecule has 4 aliphatic carbocycles. The van der Waals surface area contributed by atoms with Gasteiger partial charge in [0, 0.05) is 11.8 Å². The largest absolute Gasteiger partial charge is 0.465 e. The van der Waals surface area contributed by atoms with Crippen LogP contribution in [0.2, 0.25) is 0 Å². The van der Waals surface area contributed by atoms with Gasteiger partial charge in [-0.3, -0.25) is 4.79 Å². The first-order chi connectivity index (χ1) is 15.3. The maximum atomic E-state index is 12.1. The van der Waals surface area contributed by atoms with Crippen molar-refractivity contribution in [1.82, 2.24) is 0 Å². The zero-order chi connectivity index (χ0) is 22.3. The number of anilines is 1. The van der Waals surface area contributed by atoms with Crippen LogP contribution in [0.15, 0.2) is 65.8 Å². The Morgan fingerprint density at radius 3 is 2.22 bits per heavy atom. The monoisotopic (exact) mass is 452 g/mol. The van der Waals surface area contributed by atoms with Crippen molar-refractivity contribution in [2.24, 2.45) is 22.9 Å². The standard InChI is InChI=1S/C25H28N2O4S/c26-32(29,30)23-3-1-2-21(13-23)27-24(28)8-9-31-22-6-4-20(5-7-22)25-14-17-10-18(15-25)12-19(11-17)16-25/h1-9,13,17-19H,10-12,14-16H2,(H,27,28)(H2,26,29,30). The minimum Gasteiger partial charge on any atom is -0.465 e. The summed E-state index contributed by atoms with van der Waals surface area (Å²) in [4.78, 5) is 12.1. The Labute approximate surface area is 188 Å². The van der Waals surface area contributed by atoms with Crippen LogP contribution >= 0.6 is 0 Å². The topological polar surface area (TPSA) is 98.5 Å². The van der Waals surface area contributed by atoms with Crippen LogP contribution in [0, 0.1) is 17.8 Å². The van der Waals surface area contributed by atoms with Crippen molar-refractivity contribution in [3.05, 3.63) is 66.4 Å². The van der Waals surface area contributed by atoms with Gasteiger partial charge in [-0.05, 0) is 97.6 Å². The second kappa shape index (κ2) is 8.05. The van der Waals surface area contributed by atoms with Gasteiger partial charge < -0.3 is 10.1 Å². The molecule has 168 valence electrons. The van der Waals surface area contributed by atoms with Crippen molar-refractivity contribution in [2.75, 3.05) is 5.32 Å². The van der Waals surface area contributed by atoms with Crippen LogP contribution in [-0.2, 0) is 20.2 Å². The molecule has 0 atom stereocenters. The highest BCUT2D eigenvalue weighted by Crippen LogP contribution is 2.60. The van der Waals surface area contributed by atoms with Crippen molar-refractivity contribution >= 4 is 21.6 Å². The Kier molecular flexibility index (Phi) is 5.34. The van der Waals surface area contributed by atoms with Gasteiger partial charge >= 0.3 is 0 Å². The van der Waals surface area contributed by atoms with Gasteiger partial charge in [0.05, 0.1) is 11.2 Å². The molecule has 1 amide bonds. The van der Waals surface area contributed by atoms with Crippen LogP contribution in [0.4, 0.5) is 5.69 Å². The summed E-state index contributed by atoms with van der Waals surface area (Å²) in [6.07, 6.45) is 10.9. The summed E-state index contributed by atoms with van der Waals surface area (Å²) in [5.74, 6) is 2.97. The molecule has 0 unspecified atom stereocenters. The fourth-order valence-electron chi connectivity index (χ4n) is 6.46. The first kappa shape index (κ1) is 21.2. The van der Waals surface area contributed by atoms with Gasteiger partial charge in [0.25, 0.3) is 5.91 Å². The van der Waals surface area contributed by atoms with Crippen molar-refractivity contribution < 1.29 is 17.9 Å². The van der Waals surface area contributed by atoms with Crippen molar-refractivity contribution in [3.63, 3.8) is 0 Å². The molecule has 0 spiro atoms. The number of benzene rings is 2. The molecule has 3 N–H and O–H groups in total. The number of sulfonamides is 1. The highest BCUT2D eigenvalue weighted by Gasteiger charge is 2.51. The minimum absolute atomic E-state index is 0.0605. The molecular formula is C25H28N2O4S. The molecule has 4 saturated carbocycles. The molecule has 2 aromatic carbocycles. The smallest absolute Gasteiger partial charge is 0.251 e. The van der Waals surface area contributed by atoms with E-state index in [2.05, 4.69) is 17.4 Å². The lowest BCUT2D eigenvalue weighted by molar-refractivity contribution is -0.112. The van der Waals surface area contributed by atoms with Gasteiger partial charge in [0.15, 0.2) is 0 Å². The quantitative estimate of drug-likeness (QED) is 0.503. The maximum absolute atomic E-state index is 12.1. The molecule has 6 nitrogen and oxygen atoms in total. The summed E-state index contributed by atoms with van der Waals surface area (Å²) in [5.41, 5.74) is 2.13. The lowest BCUT2D eigenvalue weighted by Gasteiger charge is -2.57. The molecule has 4 aliphatic rings. The number of nitrogens with two attached hydrogens (primary N) is 1. The summed E-state index contributed by atoms with van der Waals surface area (Å²) in [7, 11) is -3.83. The lowest BCUT2D eigenvalue weighted by Crippen LogP contribution is -2.48. The number of nitrogens with one attached hydrogen (secondary N) is 1. The second-order valence-corrected chi connectivity index (χ2v) is 11.3. The average molecular weight is 453 g/mol. The third-order valence-electron chi connectivity index (χ3n) is 7.36. The molecule has 2 aromatic rings. The molecule has 0 aliphatic heterocycles. The zero-order valence-corrected chi connectivity index (χ0v) is 18.7. The summed E-state index contributed by atoms with van der Waals surface area (Å²) >= 11 is 0. The van der Waals surface area contributed by atoms with Gasteiger partial charge in [0.1, 0.15) is 5.75 Å². The third-order valence-corrected chi connectivity index (χ3v) is 8.27. The van der Waals surface area contributed by atoms with Gasteiger partial charge in [-0.15, -0.1) is 0 Å². The molecule has 0 radical (unpaired) electrons. The minimum atomic E-state index is -3.83. The van der Waals surface area contributed by atoms with Crippen molar-refractivity contribution in [2.45, 2.75) is 48.8 Å². The second-order valence-electron chi connectivity index (χ2n) is 9.70. The van der Waals surface area contributed by atoms with Gasteiger partial charge in [0.2, 0.25) is 10.0 Å². The van der Waals surface area contributed by atoms with E-state index in [1.807, 2.05) is 12.1 Å². The Morgan fingerprint density at radius 2 is 1.62 bits per heavy atom. The van der Waals surface area contributed by atoms with Crippen LogP contribution in [0.1, 0.15) is 44.1 Å². The van der Waals surface area contributed by atoms with E-state index in [9.17, 15) is 13.2 Å². The number of ether oxygens (including phenoxy) is 1. The van der Waals surface area contributed by atoms with Crippen LogP contribution in [0.3, 0.4) is 0 Å². The van der Waals surface area contributed by atoms with E-state index < -0.39 is 15.9 Å². The van der Waals surface area contributed by atoms with E-state index in [4.69, 9.17) is 9.88 Å². The van der Waals surface area contributed by atoms with E-state index in [1.54, 1.807) is 6.07 Å². The lowest BCUT2D eigenvalue weighted by atomic mass is 9.48. The van der Waals surface area contributed by atoms with E-state index in [-0.39, 0.29) is 4.90 Å². The molecule has 6 rings (SSSR count). The first-order valence-electron chi connectivity index (χ1n) is 11.2. The molecule has 32 heavy (non-hydrogen) atoms. The Morgan fingerprint density at radius 1 is 1.00 bits per heavy atom. The summed E-state index contributed by atoms with van der Waals surface area (Å²) in [6, 6.07) is 14.1. The number of amides is 1. The molecule has 4 bridgehead atoms. The highest BCUT2D eigenvalue weighted by atomic mass is 32.2. The van der Waals surface area contributed by atoms with Crippen molar-refractivity contribution in [3.8, 4) is 5.75 Å². The van der Waals surface area contributed by atoms with E-state index >= 15 is 0 Å². The SMILES string of the molecule is NS(=O)(=O)c1cccc(NC(=O)C=COc2ccc(C34CC5CC(CC(C5)C3)C4)cc2)c1.